The number of phenolic OH excluding ortho intramolecular Hbond substituents is 1. The van der Waals surface area contributed by atoms with Crippen molar-refractivity contribution >= 4 is 29.2 Å². The van der Waals surface area contributed by atoms with Gasteiger partial charge in [0.15, 0.2) is 11.5 Å². The molecule has 0 saturated heterocycles. The van der Waals surface area contributed by atoms with E-state index in [0.717, 1.165) is 22.8 Å². The summed E-state index contributed by atoms with van der Waals surface area (Å²) in [6.07, 6.45) is 1.13. The quantitative estimate of drug-likeness (QED) is 0.439. The van der Waals surface area contributed by atoms with Gasteiger partial charge in [-0.3, -0.25) is 9.79 Å². The number of benzene rings is 1. The number of Topliss-reactive ketones (excluding diaryl/α,β-unsaturated/α-hetero) is 1. The molecule has 2 aliphatic rings. The normalized spacial score (nSPS) is 22.3. The molecule has 1 aromatic carbocycles. The van der Waals surface area contributed by atoms with Crippen LogP contribution in [0.3, 0.4) is 0 Å². The zero-order chi connectivity index (χ0) is 23.5. The van der Waals surface area contributed by atoms with Crippen molar-refractivity contribution in [3.05, 3.63) is 35.0 Å². The molecular weight excluding hydrogens is 426 g/mol. The van der Waals surface area contributed by atoms with Crippen LogP contribution in [0.2, 0.25) is 0 Å². The smallest absolute Gasteiger partial charge is 0.336 e. The fourth-order valence-corrected chi connectivity index (χ4v) is 5.12. The Balaban J connectivity index is 2.07. The van der Waals surface area contributed by atoms with Gasteiger partial charge in [0.2, 0.25) is 0 Å². The maximum atomic E-state index is 13.3. The van der Waals surface area contributed by atoms with E-state index in [2.05, 4.69) is 20.8 Å². The maximum absolute atomic E-state index is 13.3. The molecule has 0 spiro atoms. The molecule has 7 heteroatoms. The third-order valence-corrected chi connectivity index (χ3v) is 6.76. The Kier molecular flexibility index (Phi) is 7.70. The molecule has 1 aliphatic carbocycles. The van der Waals surface area contributed by atoms with Crippen molar-refractivity contribution < 1.29 is 24.2 Å². The number of rotatable bonds is 8. The second-order valence-electron chi connectivity index (χ2n) is 9.03. The van der Waals surface area contributed by atoms with E-state index in [1.54, 1.807) is 30.0 Å². The molecule has 3 rings (SSSR count). The van der Waals surface area contributed by atoms with Gasteiger partial charge in [-0.2, -0.15) is 11.8 Å². The fourth-order valence-electron chi connectivity index (χ4n) is 4.63. The number of fused-ring (bicyclic) bond motifs is 1. The van der Waals surface area contributed by atoms with Crippen molar-refractivity contribution in [1.29, 1.82) is 0 Å². The van der Waals surface area contributed by atoms with Gasteiger partial charge >= 0.3 is 5.97 Å². The lowest BCUT2D eigenvalue weighted by molar-refractivity contribution is -0.139. The second-order valence-corrected chi connectivity index (χ2v) is 10.4. The highest BCUT2D eigenvalue weighted by Gasteiger charge is 2.47. The first-order chi connectivity index (χ1) is 15.2. The van der Waals surface area contributed by atoms with E-state index in [4.69, 9.17) is 14.5 Å². The van der Waals surface area contributed by atoms with Crippen LogP contribution in [0, 0.1) is 11.3 Å². The van der Waals surface area contributed by atoms with E-state index in [9.17, 15) is 14.7 Å². The van der Waals surface area contributed by atoms with Crippen molar-refractivity contribution in [3.8, 4) is 11.5 Å². The van der Waals surface area contributed by atoms with Crippen LogP contribution in [0.1, 0.15) is 58.9 Å². The van der Waals surface area contributed by atoms with Gasteiger partial charge in [0, 0.05) is 29.5 Å². The standard InChI is InChI=1S/C25H33NO5S/c1-6-30-20-12-16(8-9-18(20)27)22-21(24(29)31-10-11-32-7-2)15(3)26-17-13-25(4,5)14-19(28)23(17)22/h8-9,12,22-23,27H,6-7,10-11,13-14H2,1-5H3/t22-,23?/m0/s1. The lowest BCUT2D eigenvalue weighted by atomic mass is 9.63. The van der Waals surface area contributed by atoms with Crippen LogP contribution in [0.25, 0.3) is 0 Å². The number of hydrogen-bond acceptors (Lipinski definition) is 7. The molecule has 174 valence electrons. The van der Waals surface area contributed by atoms with Crippen molar-refractivity contribution in [2.45, 2.75) is 53.4 Å². The summed E-state index contributed by atoms with van der Waals surface area (Å²) in [5.74, 6) is 0.648. The van der Waals surface area contributed by atoms with Crippen LogP contribution in [0.5, 0.6) is 11.5 Å². The number of aliphatic imine (C=N–C) groups is 1. The largest absolute Gasteiger partial charge is 0.504 e. The number of allylic oxidation sites excluding steroid dienone is 1. The Morgan fingerprint density at radius 2 is 2.00 bits per heavy atom. The number of carbonyl (C=O) groups excluding carboxylic acids is 2. The number of thioether (sulfide) groups is 1. The van der Waals surface area contributed by atoms with Crippen molar-refractivity contribution in [3.63, 3.8) is 0 Å². The minimum Gasteiger partial charge on any atom is -0.504 e. The Morgan fingerprint density at radius 3 is 2.69 bits per heavy atom. The maximum Gasteiger partial charge on any atom is 0.336 e. The lowest BCUT2D eigenvalue weighted by Crippen LogP contribution is -2.44. The van der Waals surface area contributed by atoms with E-state index in [-0.39, 0.29) is 16.9 Å². The Morgan fingerprint density at radius 1 is 1.25 bits per heavy atom. The van der Waals surface area contributed by atoms with E-state index >= 15 is 0 Å². The number of phenols is 1. The average Bonchev–Trinajstić information content (AvgIpc) is 2.71. The fraction of sp³-hybridized carbons (Fsp3) is 0.560. The molecule has 1 saturated carbocycles. The molecule has 1 aliphatic heterocycles. The van der Waals surface area contributed by atoms with Gasteiger partial charge in [-0.15, -0.1) is 0 Å². The third kappa shape index (κ3) is 5.20. The second kappa shape index (κ2) is 10.1. The number of carbonyl (C=O) groups is 2. The number of ether oxygens (including phenoxy) is 2. The summed E-state index contributed by atoms with van der Waals surface area (Å²) in [4.78, 5) is 31.3. The van der Waals surface area contributed by atoms with E-state index in [0.29, 0.717) is 43.1 Å². The monoisotopic (exact) mass is 459 g/mol. The highest BCUT2D eigenvalue weighted by atomic mass is 32.2. The predicted molar refractivity (Wildman–Crippen MR) is 128 cm³/mol. The lowest BCUT2D eigenvalue weighted by Gasteiger charge is -2.41. The topological polar surface area (TPSA) is 85.2 Å². The molecule has 0 aromatic heterocycles. The van der Waals surface area contributed by atoms with Gasteiger partial charge in [0.1, 0.15) is 12.4 Å². The zero-order valence-electron chi connectivity index (χ0n) is 19.6. The van der Waals surface area contributed by atoms with Gasteiger partial charge in [-0.05, 0) is 49.1 Å². The highest BCUT2D eigenvalue weighted by molar-refractivity contribution is 7.99. The molecule has 6 nitrogen and oxygen atoms in total. The van der Waals surface area contributed by atoms with Crippen molar-refractivity contribution in [2.24, 2.45) is 16.3 Å². The van der Waals surface area contributed by atoms with Gasteiger partial charge in [-0.25, -0.2) is 4.79 Å². The molecule has 1 fully saturated rings. The first kappa shape index (κ1) is 24.4. The Labute approximate surface area is 194 Å². The number of ketones is 1. The molecule has 32 heavy (non-hydrogen) atoms. The summed E-state index contributed by atoms with van der Waals surface area (Å²) in [6, 6.07) is 5.04. The highest BCUT2D eigenvalue weighted by Crippen LogP contribution is 2.48. The van der Waals surface area contributed by atoms with E-state index in [1.165, 1.54) is 0 Å². The van der Waals surface area contributed by atoms with Gasteiger partial charge in [-0.1, -0.05) is 26.8 Å². The summed E-state index contributed by atoms with van der Waals surface area (Å²) >= 11 is 1.70. The molecule has 1 heterocycles. The Hall–Kier alpha value is -2.28. The van der Waals surface area contributed by atoms with E-state index < -0.39 is 17.8 Å². The summed E-state index contributed by atoms with van der Waals surface area (Å²) < 4.78 is 11.2. The van der Waals surface area contributed by atoms with Crippen LogP contribution >= 0.6 is 11.8 Å². The number of hydrogen-bond donors (Lipinski definition) is 1. The number of aromatic hydroxyl groups is 1. The molecule has 1 unspecified atom stereocenters. The molecule has 0 bridgehead atoms. The third-order valence-electron chi connectivity index (χ3n) is 5.89. The van der Waals surface area contributed by atoms with E-state index in [1.807, 2.05) is 13.8 Å². The Bertz CT molecular complexity index is 950. The zero-order valence-corrected chi connectivity index (χ0v) is 20.4. The molecule has 1 N–H and O–H groups in total. The van der Waals surface area contributed by atoms with Gasteiger partial charge < -0.3 is 14.6 Å². The van der Waals surface area contributed by atoms with Gasteiger partial charge in [0.05, 0.1) is 18.1 Å². The number of nitrogens with zero attached hydrogens (tertiary/aromatic N) is 1. The van der Waals surface area contributed by atoms with Crippen LogP contribution in [-0.4, -0.2) is 47.3 Å². The summed E-state index contributed by atoms with van der Waals surface area (Å²) in [6.45, 7) is 10.5. The number of esters is 1. The van der Waals surface area contributed by atoms with Crippen LogP contribution < -0.4 is 4.74 Å². The average molecular weight is 460 g/mol. The first-order valence-corrected chi connectivity index (χ1v) is 12.4. The molecule has 0 amide bonds. The van der Waals surface area contributed by atoms with Gasteiger partial charge in [0.25, 0.3) is 0 Å². The van der Waals surface area contributed by atoms with Crippen LogP contribution in [0.15, 0.2) is 34.5 Å². The summed E-state index contributed by atoms with van der Waals surface area (Å²) in [7, 11) is 0. The minimum atomic E-state index is -0.516. The molecule has 2 atom stereocenters. The van der Waals surface area contributed by atoms with Crippen molar-refractivity contribution in [1.82, 2.24) is 0 Å². The molecule has 0 radical (unpaired) electrons. The minimum absolute atomic E-state index is 0.0258. The molecule has 1 aromatic rings. The molecular formula is C25H33NO5S. The summed E-state index contributed by atoms with van der Waals surface area (Å²) in [5.41, 5.74) is 2.40. The SMILES string of the molecule is CCOc1cc([C@H]2C(C(=O)OCCSCC)=C(C)N=C3CC(C)(C)CC(=O)C32)ccc1O. The van der Waals surface area contributed by atoms with Crippen molar-refractivity contribution in [2.75, 3.05) is 24.7 Å². The first-order valence-electron chi connectivity index (χ1n) is 11.2. The van der Waals surface area contributed by atoms with Crippen LogP contribution in [-0.2, 0) is 14.3 Å². The summed E-state index contributed by atoms with van der Waals surface area (Å²) in [5, 5.41) is 10.2. The van der Waals surface area contributed by atoms with Crippen LogP contribution in [0.4, 0.5) is 0 Å². The predicted octanol–water partition coefficient (Wildman–Crippen LogP) is 4.90.